The van der Waals surface area contributed by atoms with Gasteiger partial charge in [0.25, 0.3) is 0 Å². The van der Waals surface area contributed by atoms with Gasteiger partial charge in [-0.3, -0.25) is 14.3 Å². The van der Waals surface area contributed by atoms with E-state index in [0.717, 1.165) is 6.42 Å². The molecule has 0 radical (unpaired) electrons. The third kappa shape index (κ3) is 4.84. The molecule has 122 valence electrons. The van der Waals surface area contributed by atoms with Crippen LogP contribution in [-0.2, 0) is 20.9 Å². The van der Waals surface area contributed by atoms with E-state index in [1.54, 1.807) is 23.1 Å². The maximum absolute atomic E-state index is 12.2. The minimum atomic E-state index is 0.0484. The van der Waals surface area contributed by atoms with Crippen molar-refractivity contribution in [2.45, 2.75) is 26.3 Å². The van der Waals surface area contributed by atoms with Crippen molar-refractivity contribution in [3.63, 3.8) is 0 Å². The number of carbonyl (C=O) groups excluding carboxylic acids is 2. The van der Waals surface area contributed by atoms with E-state index in [9.17, 15) is 9.59 Å². The molecule has 0 bridgehead atoms. The van der Waals surface area contributed by atoms with Crippen LogP contribution < -0.4 is 0 Å². The van der Waals surface area contributed by atoms with Crippen LogP contribution in [0.1, 0.15) is 19.8 Å². The second-order valence-electron chi connectivity index (χ2n) is 5.27. The Morgan fingerprint density at radius 3 is 2.50 bits per heavy atom. The first-order valence-electron chi connectivity index (χ1n) is 7.81. The predicted octanol–water partition coefficient (Wildman–Crippen LogP) is 0.371. The molecular weight excluding hydrogens is 284 g/mol. The van der Waals surface area contributed by atoms with Crippen molar-refractivity contribution in [3.8, 4) is 0 Å². The molecule has 2 amide bonds. The third-order valence-electron chi connectivity index (χ3n) is 3.72. The van der Waals surface area contributed by atoms with Gasteiger partial charge >= 0.3 is 0 Å². The molecule has 0 saturated carbocycles. The van der Waals surface area contributed by atoms with Crippen molar-refractivity contribution in [3.05, 3.63) is 18.5 Å². The monoisotopic (exact) mass is 308 g/mol. The van der Waals surface area contributed by atoms with Crippen molar-refractivity contribution in [1.29, 1.82) is 0 Å². The highest BCUT2D eigenvalue weighted by Crippen LogP contribution is 2.06. The van der Waals surface area contributed by atoms with Gasteiger partial charge in [-0.2, -0.15) is 5.10 Å². The van der Waals surface area contributed by atoms with Crippen LogP contribution in [0.25, 0.3) is 0 Å². The lowest BCUT2D eigenvalue weighted by atomic mass is 10.3. The highest BCUT2D eigenvalue weighted by molar-refractivity contribution is 5.77. The van der Waals surface area contributed by atoms with E-state index in [2.05, 4.69) is 5.10 Å². The van der Waals surface area contributed by atoms with E-state index in [-0.39, 0.29) is 18.4 Å². The van der Waals surface area contributed by atoms with E-state index in [0.29, 0.717) is 45.8 Å². The van der Waals surface area contributed by atoms with Gasteiger partial charge in [0.2, 0.25) is 11.8 Å². The molecule has 1 aliphatic heterocycles. The Kier molecular flexibility index (Phi) is 6.39. The highest BCUT2D eigenvalue weighted by atomic mass is 16.5. The fourth-order valence-corrected chi connectivity index (χ4v) is 2.51. The largest absolute Gasteiger partial charge is 0.381 e. The first kappa shape index (κ1) is 16.5. The van der Waals surface area contributed by atoms with Gasteiger partial charge in [-0.1, -0.05) is 0 Å². The second-order valence-corrected chi connectivity index (χ2v) is 5.27. The standard InChI is InChI=1S/C15H24N4O3/c1-2-22-12-5-14(20)17-7-4-8-18(11-10-17)15(21)13-19-9-3-6-16-19/h3,6,9H,2,4-5,7-8,10-13H2,1H3. The fourth-order valence-electron chi connectivity index (χ4n) is 2.51. The molecule has 0 aliphatic carbocycles. The van der Waals surface area contributed by atoms with Crippen molar-refractivity contribution >= 4 is 11.8 Å². The van der Waals surface area contributed by atoms with Crippen LogP contribution in [0.4, 0.5) is 0 Å². The topological polar surface area (TPSA) is 67.7 Å². The number of rotatable bonds is 6. The Morgan fingerprint density at radius 1 is 1.14 bits per heavy atom. The molecule has 1 aliphatic rings. The van der Waals surface area contributed by atoms with Crippen molar-refractivity contribution in [2.24, 2.45) is 0 Å². The average molecular weight is 308 g/mol. The molecule has 0 atom stereocenters. The molecule has 0 unspecified atom stereocenters. The van der Waals surface area contributed by atoms with Crippen LogP contribution >= 0.6 is 0 Å². The summed E-state index contributed by atoms with van der Waals surface area (Å²) in [7, 11) is 0. The summed E-state index contributed by atoms with van der Waals surface area (Å²) >= 11 is 0. The Bertz CT molecular complexity index is 475. The molecule has 2 heterocycles. The quantitative estimate of drug-likeness (QED) is 0.712. The molecule has 2 rings (SSSR count). The summed E-state index contributed by atoms with van der Waals surface area (Å²) in [6, 6.07) is 1.80. The van der Waals surface area contributed by atoms with E-state index in [1.807, 2.05) is 16.7 Å². The lowest BCUT2D eigenvalue weighted by Gasteiger charge is -2.22. The predicted molar refractivity (Wildman–Crippen MR) is 81.1 cm³/mol. The van der Waals surface area contributed by atoms with Crippen LogP contribution in [0.5, 0.6) is 0 Å². The fraction of sp³-hybridized carbons (Fsp3) is 0.667. The van der Waals surface area contributed by atoms with Gasteiger partial charge < -0.3 is 14.5 Å². The second kappa shape index (κ2) is 8.53. The minimum Gasteiger partial charge on any atom is -0.381 e. The summed E-state index contributed by atoms with van der Waals surface area (Å²) in [5.74, 6) is 0.155. The van der Waals surface area contributed by atoms with E-state index < -0.39 is 0 Å². The van der Waals surface area contributed by atoms with Gasteiger partial charge in [0, 0.05) is 45.2 Å². The van der Waals surface area contributed by atoms with Gasteiger partial charge in [0.05, 0.1) is 13.0 Å². The Morgan fingerprint density at radius 2 is 1.86 bits per heavy atom. The van der Waals surface area contributed by atoms with Crippen molar-refractivity contribution in [1.82, 2.24) is 19.6 Å². The molecular formula is C15H24N4O3. The van der Waals surface area contributed by atoms with Crippen LogP contribution in [0.2, 0.25) is 0 Å². The lowest BCUT2D eigenvalue weighted by Crippen LogP contribution is -2.38. The van der Waals surface area contributed by atoms with Crippen molar-refractivity contribution < 1.29 is 14.3 Å². The summed E-state index contributed by atoms with van der Waals surface area (Å²) in [5.41, 5.74) is 0. The molecule has 7 nitrogen and oxygen atoms in total. The summed E-state index contributed by atoms with van der Waals surface area (Å²) in [6.07, 6.45) is 4.66. The molecule has 0 aromatic carbocycles. The van der Waals surface area contributed by atoms with E-state index in [4.69, 9.17) is 4.74 Å². The first-order chi connectivity index (χ1) is 10.7. The molecule has 7 heteroatoms. The number of carbonyl (C=O) groups is 2. The van der Waals surface area contributed by atoms with Crippen LogP contribution in [0.3, 0.4) is 0 Å². The number of hydrogen-bond donors (Lipinski definition) is 0. The Balaban J connectivity index is 1.79. The zero-order chi connectivity index (χ0) is 15.8. The number of ether oxygens (including phenoxy) is 1. The molecule has 1 saturated heterocycles. The average Bonchev–Trinajstić information content (AvgIpc) is 2.88. The smallest absolute Gasteiger partial charge is 0.244 e. The zero-order valence-corrected chi connectivity index (χ0v) is 13.1. The van der Waals surface area contributed by atoms with Gasteiger partial charge in [0.15, 0.2) is 0 Å². The SMILES string of the molecule is CCOCCC(=O)N1CCCN(C(=O)Cn2cccn2)CC1. The maximum Gasteiger partial charge on any atom is 0.244 e. The van der Waals surface area contributed by atoms with Gasteiger partial charge in [-0.25, -0.2) is 0 Å². The third-order valence-corrected chi connectivity index (χ3v) is 3.72. The highest BCUT2D eigenvalue weighted by Gasteiger charge is 2.21. The van der Waals surface area contributed by atoms with E-state index in [1.165, 1.54) is 0 Å². The van der Waals surface area contributed by atoms with Gasteiger partial charge in [0.1, 0.15) is 6.54 Å². The molecule has 1 fully saturated rings. The number of hydrogen-bond acceptors (Lipinski definition) is 4. The summed E-state index contributed by atoms with van der Waals surface area (Å²) in [4.78, 5) is 28.0. The molecule has 1 aromatic heterocycles. The summed E-state index contributed by atoms with van der Waals surface area (Å²) < 4.78 is 6.85. The number of aromatic nitrogens is 2. The normalized spacial score (nSPS) is 15.7. The number of amides is 2. The van der Waals surface area contributed by atoms with Crippen molar-refractivity contribution in [2.75, 3.05) is 39.4 Å². The molecule has 22 heavy (non-hydrogen) atoms. The maximum atomic E-state index is 12.2. The lowest BCUT2D eigenvalue weighted by molar-refractivity contribution is -0.134. The summed E-state index contributed by atoms with van der Waals surface area (Å²) in [6.45, 7) is 5.84. The molecule has 0 N–H and O–H groups in total. The summed E-state index contributed by atoms with van der Waals surface area (Å²) in [5, 5.41) is 4.05. The van der Waals surface area contributed by atoms with Crippen LogP contribution in [-0.4, -0.2) is 70.8 Å². The Labute approximate surface area is 130 Å². The zero-order valence-electron chi connectivity index (χ0n) is 13.1. The Hall–Kier alpha value is -1.89. The van der Waals surface area contributed by atoms with Crippen LogP contribution in [0, 0.1) is 0 Å². The number of nitrogens with zero attached hydrogens (tertiary/aromatic N) is 4. The van der Waals surface area contributed by atoms with Gasteiger partial charge in [-0.15, -0.1) is 0 Å². The molecule has 0 spiro atoms. The van der Waals surface area contributed by atoms with Gasteiger partial charge in [-0.05, 0) is 19.4 Å². The minimum absolute atomic E-state index is 0.0484. The van der Waals surface area contributed by atoms with Crippen LogP contribution in [0.15, 0.2) is 18.5 Å². The van der Waals surface area contributed by atoms with E-state index >= 15 is 0 Å². The molecule has 1 aromatic rings. The first-order valence-corrected chi connectivity index (χ1v) is 7.81.